The van der Waals surface area contributed by atoms with Crippen LogP contribution < -0.4 is 4.90 Å². The van der Waals surface area contributed by atoms with Gasteiger partial charge in [0.05, 0.1) is 12.7 Å². The Labute approximate surface area is 101 Å². The molecule has 1 fully saturated rings. The first-order chi connectivity index (χ1) is 8.29. The fourth-order valence-electron chi connectivity index (χ4n) is 1.97. The SMILES string of the molecule is CN(CC1CCCCO1)c1ncc(CO)cn1. The van der Waals surface area contributed by atoms with Gasteiger partial charge in [0.15, 0.2) is 0 Å². The standard InChI is InChI=1S/C12H19N3O2/c1-15(8-11-4-2-3-5-17-11)12-13-6-10(9-16)7-14-12/h6-7,11,16H,2-5,8-9H2,1H3. The Kier molecular flexibility index (Phi) is 4.28. The lowest BCUT2D eigenvalue weighted by Crippen LogP contribution is -2.34. The molecule has 0 saturated carbocycles. The highest BCUT2D eigenvalue weighted by Gasteiger charge is 2.17. The molecule has 1 aromatic heterocycles. The molecule has 0 bridgehead atoms. The van der Waals surface area contributed by atoms with Crippen LogP contribution in [0.4, 0.5) is 5.95 Å². The summed E-state index contributed by atoms with van der Waals surface area (Å²) in [5.74, 6) is 0.677. The first kappa shape index (κ1) is 12.3. The van der Waals surface area contributed by atoms with Crippen LogP contribution in [-0.2, 0) is 11.3 Å². The third-order valence-corrected chi connectivity index (χ3v) is 2.97. The van der Waals surface area contributed by atoms with E-state index in [0.717, 1.165) is 25.1 Å². The molecular weight excluding hydrogens is 218 g/mol. The predicted octanol–water partition coefficient (Wildman–Crippen LogP) is 0.974. The fraction of sp³-hybridized carbons (Fsp3) is 0.667. The molecule has 0 aliphatic carbocycles. The van der Waals surface area contributed by atoms with Crippen molar-refractivity contribution in [3.05, 3.63) is 18.0 Å². The molecule has 0 spiro atoms. The lowest BCUT2D eigenvalue weighted by Gasteiger charge is -2.27. The molecule has 1 unspecified atom stereocenters. The highest BCUT2D eigenvalue weighted by molar-refractivity contribution is 5.28. The number of anilines is 1. The Balaban J connectivity index is 1.91. The van der Waals surface area contributed by atoms with Gasteiger partial charge in [-0.05, 0) is 19.3 Å². The summed E-state index contributed by atoms with van der Waals surface area (Å²) in [4.78, 5) is 10.4. The van der Waals surface area contributed by atoms with Crippen molar-refractivity contribution in [3.63, 3.8) is 0 Å². The number of aromatic nitrogens is 2. The summed E-state index contributed by atoms with van der Waals surface area (Å²) < 4.78 is 5.68. The second-order valence-electron chi connectivity index (χ2n) is 4.42. The zero-order valence-electron chi connectivity index (χ0n) is 10.2. The van der Waals surface area contributed by atoms with Crippen LogP contribution in [0.15, 0.2) is 12.4 Å². The van der Waals surface area contributed by atoms with Crippen molar-refractivity contribution in [2.45, 2.75) is 32.0 Å². The maximum Gasteiger partial charge on any atom is 0.225 e. The van der Waals surface area contributed by atoms with Crippen molar-refractivity contribution >= 4 is 5.95 Å². The summed E-state index contributed by atoms with van der Waals surface area (Å²) in [5, 5.41) is 8.91. The molecular formula is C12H19N3O2. The van der Waals surface area contributed by atoms with Gasteiger partial charge in [-0.25, -0.2) is 9.97 Å². The Morgan fingerprint density at radius 3 is 2.76 bits per heavy atom. The van der Waals surface area contributed by atoms with Crippen molar-refractivity contribution < 1.29 is 9.84 Å². The summed E-state index contributed by atoms with van der Waals surface area (Å²) >= 11 is 0. The first-order valence-electron chi connectivity index (χ1n) is 6.04. The van der Waals surface area contributed by atoms with Crippen molar-refractivity contribution in [2.24, 2.45) is 0 Å². The fourth-order valence-corrected chi connectivity index (χ4v) is 1.97. The van der Waals surface area contributed by atoms with Crippen LogP contribution in [-0.4, -0.2) is 41.4 Å². The quantitative estimate of drug-likeness (QED) is 0.845. The second kappa shape index (κ2) is 5.93. The van der Waals surface area contributed by atoms with Gasteiger partial charge in [0, 0.05) is 38.2 Å². The number of aliphatic hydroxyl groups excluding tert-OH is 1. The van der Waals surface area contributed by atoms with Crippen molar-refractivity contribution in [2.75, 3.05) is 25.1 Å². The maximum atomic E-state index is 8.91. The Bertz CT molecular complexity index is 336. The minimum Gasteiger partial charge on any atom is -0.392 e. The topological polar surface area (TPSA) is 58.5 Å². The zero-order chi connectivity index (χ0) is 12.1. The number of nitrogens with zero attached hydrogens (tertiary/aromatic N) is 3. The summed E-state index contributed by atoms with van der Waals surface area (Å²) in [7, 11) is 1.96. The largest absolute Gasteiger partial charge is 0.392 e. The normalized spacial score (nSPS) is 20.2. The van der Waals surface area contributed by atoms with Gasteiger partial charge in [0.1, 0.15) is 0 Å². The van der Waals surface area contributed by atoms with E-state index in [1.54, 1.807) is 12.4 Å². The predicted molar refractivity (Wildman–Crippen MR) is 64.8 cm³/mol. The van der Waals surface area contributed by atoms with Gasteiger partial charge in [0.2, 0.25) is 5.95 Å². The molecule has 17 heavy (non-hydrogen) atoms. The summed E-state index contributed by atoms with van der Waals surface area (Å²) in [6, 6.07) is 0. The number of hydrogen-bond donors (Lipinski definition) is 1. The minimum atomic E-state index is -0.0181. The van der Waals surface area contributed by atoms with E-state index in [1.807, 2.05) is 11.9 Å². The molecule has 2 heterocycles. The van der Waals surface area contributed by atoms with Crippen LogP contribution in [0.25, 0.3) is 0 Å². The van der Waals surface area contributed by atoms with E-state index in [0.29, 0.717) is 5.95 Å². The summed E-state index contributed by atoms with van der Waals surface area (Å²) in [6.07, 6.45) is 7.11. The number of aliphatic hydroxyl groups is 1. The number of rotatable bonds is 4. The smallest absolute Gasteiger partial charge is 0.225 e. The maximum absolute atomic E-state index is 8.91. The second-order valence-corrected chi connectivity index (χ2v) is 4.42. The van der Waals surface area contributed by atoms with Gasteiger partial charge in [-0.3, -0.25) is 0 Å². The highest BCUT2D eigenvalue weighted by atomic mass is 16.5. The van der Waals surface area contributed by atoms with Gasteiger partial charge in [0.25, 0.3) is 0 Å². The molecule has 0 radical (unpaired) electrons. The number of hydrogen-bond acceptors (Lipinski definition) is 5. The number of likely N-dealkylation sites (N-methyl/N-ethyl adjacent to an activating group) is 1. The van der Waals surface area contributed by atoms with E-state index in [2.05, 4.69) is 9.97 Å². The minimum absolute atomic E-state index is 0.0181. The molecule has 1 saturated heterocycles. The summed E-state index contributed by atoms with van der Waals surface area (Å²) in [5.41, 5.74) is 0.732. The van der Waals surface area contributed by atoms with Crippen LogP contribution in [0.2, 0.25) is 0 Å². The molecule has 5 heteroatoms. The monoisotopic (exact) mass is 237 g/mol. The van der Waals surface area contributed by atoms with Gasteiger partial charge in [-0.2, -0.15) is 0 Å². The van der Waals surface area contributed by atoms with Crippen molar-refractivity contribution in [3.8, 4) is 0 Å². The van der Waals surface area contributed by atoms with E-state index < -0.39 is 0 Å². The molecule has 1 N–H and O–H groups in total. The molecule has 5 nitrogen and oxygen atoms in total. The van der Waals surface area contributed by atoms with Gasteiger partial charge in [-0.15, -0.1) is 0 Å². The van der Waals surface area contributed by atoms with Crippen LogP contribution in [0.5, 0.6) is 0 Å². The van der Waals surface area contributed by atoms with Crippen LogP contribution in [0.1, 0.15) is 24.8 Å². The first-order valence-corrected chi connectivity index (χ1v) is 6.04. The molecule has 0 amide bonds. The summed E-state index contributed by atoms with van der Waals surface area (Å²) in [6.45, 7) is 1.66. The Morgan fingerprint density at radius 2 is 2.18 bits per heavy atom. The Morgan fingerprint density at radius 1 is 1.41 bits per heavy atom. The van der Waals surface area contributed by atoms with Crippen LogP contribution in [0, 0.1) is 0 Å². The van der Waals surface area contributed by atoms with Crippen molar-refractivity contribution in [1.82, 2.24) is 9.97 Å². The molecule has 94 valence electrons. The molecule has 1 aliphatic rings. The average Bonchev–Trinajstić information content (AvgIpc) is 2.40. The molecule has 1 aliphatic heterocycles. The van der Waals surface area contributed by atoms with Gasteiger partial charge >= 0.3 is 0 Å². The van der Waals surface area contributed by atoms with Crippen LogP contribution >= 0.6 is 0 Å². The molecule has 2 rings (SSSR count). The van der Waals surface area contributed by atoms with Crippen molar-refractivity contribution in [1.29, 1.82) is 0 Å². The zero-order valence-corrected chi connectivity index (χ0v) is 10.2. The third-order valence-electron chi connectivity index (χ3n) is 2.97. The lowest BCUT2D eigenvalue weighted by molar-refractivity contribution is 0.0214. The molecule has 0 aromatic carbocycles. The molecule has 1 aromatic rings. The van der Waals surface area contributed by atoms with E-state index in [4.69, 9.17) is 9.84 Å². The van der Waals surface area contributed by atoms with Crippen LogP contribution in [0.3, 0.4) is 0 Å². The molecule has 1 atom stereocenters. The Hall–Kier alpha value is -1.20. The lowest BCUT2D eigenvalue weighted by atomic mass is 10.1. The van der Waals surface area contributed by atoms with E-state index in [1.165, 1.54) is 12.8 Å². The average molecular weight is 237 g/mol. The van der Waals surface area contributed by atoms with Gasteiger partial charge < -0.3 is 14.7 Å². The highest BCUT2D eigenvalue weighted by Crippen LogP contribution is 2.15. The van der Waals surface area contributed by atoms with E-state index in [-0.39, 0.29) is 12.7 Å². The third kappa shape index (κ3) is 3.38. The van der Waals surface area contributed by atoms with E-state index in [9.17, 15) is 0 Å². The van der Waals surface area contributed by atoms with Gasteiger partial charge in [-0.1, -0.05) is 0 Å². The number of ether oxygens (including phenoxy) is 1. The van der Waals surface area contributed by atoms with E-state index >= 15 is 0 Å².